The summed E-state index contributed by atoms with van der Waals surface area (Å²) in [6.07, 6.45) is 3.15. The van der Waals surface area contributed by atoms with Crippen LogP contribution >= 0.6 is 12.4 Å². The molecule has 108 valence electrons. The van der Waals surface area contributed by atoms with E-state index in [0.29, 0.717) is 24.7 Å². The van der Waals surface area contributed by atoms with E-state index in [9.17, 15) is 4.79 Å². The van der Waals surface area contributed by atoms with Crippen LogP contribution in [0.2, 0.25) is 0 Å². The molecule has 1 aliphatic heterocycles. The first-order valence-electron chi connectivity index (χ1n) is 6.35. The highest BCUT2D eigenvalue weighted by Crippen LogP contribution is 2.20. The third kappa shape index (κ3) is 3.72. The highest BCUT2D eigenvalue weighted by atomic mass is 35.5. The lowest BCUT2D eigenvalue weighted by Crippen LogP contribution is -2.47. The van der Waals surface area contributed by atoms with Crippen LogP contribution in [0.1, 0.15) is 35.6 Å². The van der Waals surface area contributed by atoms with E-state index in [-0.39, 0.29) is 24.4 Å². The fraction of sp³-hybridized carbons (Fsp3) is 0.615. The van der Waals surface area contributed by atoms with Gasteiger partial charge in [0.1, 0.15) is 12.4 Å². The monoisotopic (exact) mass is 288 g/mol. The Hall–Kier alpha value is -1.04. The van der Waals surface area contributed by atoms with Crippen molar-refractivity contribution in [3.63, 3.8) is 0 Å². The molecule has 19 heavy (non-hydrogen) atoms. The van der Waals surface area contributed by atoms with Crippen molar-refractivity contribution >= 4 is 18.3 Å². The predicted molar refractivity (Wildman–Crippen MR) is 74.4 cm³/mol. The molecule has 2 heterocycles. The largest absolute Gasteiger partial charge is 0.453 e. The molecule has 0 saturated carbocycles. The molecular formula is C13H21ClN2O3. The maximum atomic E-state index is 12.3. The maximum absolute atomic E-state index is 12.3. The molecule has 6 heteroatoms. The van der Waals surface area contributed by atoms with Gasteiger partial charge in [0.25, 0.3) is 5.91 Å². The summed E-state index contributed by atoms with van der Waals surface area (Å²) in [5, 5.41) is 0. The highest BCUT2D eigenvalue weighted by molar-refractivity contribution is 5.91. The molecular weight excluding hydrogens is 268 g/mol. The van der Waals surface area contributed by atoms with Crippen molar-refractivity contribution in [1.29, 1.82) is 0 Å². The minimum absolute atomic E-state index is 0. The Morgan fingerprint density at radius 1 is 1.53 bits per heavy atom. The van der Waals surface area contributed by atoms with E-state index < -0.39 is 0 Å². The lowest BCUT2D eigenvalue weighted by Gasteiger charge is -2.34. The SMILES string of the molecule is COCc1ccc(C(=O)N2CCCCC2CN)o1.Cl. The first-order valence-corrected chi connectivity index (χ1v) is 6.35. The molecule has 1 aromatic rings. The zero-order valence-electron chi connectivity index (χ0n) is 11.1. The molecule has 2 rings (SSSR count). The second-order valence-electron chi connectivity index (χ2n) is 4.58. The highest BCUT2D eigenvalue weighted by Gasteiger charge is 2.28. The molecule has 0 radical (unpaired) electrons. The summed E-state index contributed by atoms with van der Waals surface area (Å²) in [5.74, 6) is 0.983. The van der Waals surface area contributed by atoms with E-state index in [1.165, 1.54) is 0 Å². The molecule has 1 aromatic heterocycles. The number of amides is 1. The van der Waals surface area contributed by atoms with Gasteiger partial charge in [0.2, 0.25) is 0 Å². The molecule has 1 unspecified atom stereocenters. The molecule has 5 nitrogen and oxygen atoms in total. The van der Waals surface area contributed by atoms with Crippen molar-refractivity contribution in [3.8, 4) is 0 Å². The number of nitrogens with zero attached hydrogens (tertiary/aromatic N) is 1. The number of carbonyl (C=O) groups is 1. The van der Waals surface area contributed by atoms with Crippen molar-refractivity contribution in [2.75, 3.05) is 20.2 Å². The van der Waals surface area contributed by atoms with Gasteiger partial charge in [-0.25, -0.2) is 0 Å². The molecule has 2 N–H and O–H groups in total. The molecule has 1 amide bonds. The molecule has 1 fully saturated rings. The van der Waals surface area contributed by atoms with Crippen molar-refractivity contribution in [2.45, 2.75) is 31.9 Å². The van der Waals surface area contributed by atoms with Crippen LogP contribution in [0.15, 0.2) is 16.5 Å². The molecule has 1 atom stereocenters. The van der Waals surface area contributed by atoms with Crippen LogP contribution in [0.25, 0.3) is 0 Å². The van der Waals surface area contributed by atoms with Gasteiger partial charge in [-0.3, -0.25) is 4.79 Å². The third-order valence-electron chi connectivity index (χ3n) is 3.32. The van der Waals surface area contributed by atoms with Crippen molar-refractivity contribution in [1.82, 2.24) is 4.90 Å². The number of carbonyl (C=O) groups excluding carboxylic acids is 1. The fourth-order valence-corrected chi connectivity index (χ4v) is 2.37. The summed E-state index contributed by atoms with van der Waals surface area (Å²) in [7, 11) is 1.60. The van der Waals surface area contributed by atoms with Crippen LogP contribution in [0, 0.1) is 0 Å². The average Bonchev–Trinajstić information content (AvgIpc) is 2.87. The van der Waals surface area contributed by atoms with Gasteiger partial charge in [0, 0.05) is 26.2 Å². The van der Waals surface area contributed by atoms with E-state index in [0.717, 1.165) is 25.8 Å². The topological polar surface area (TPSA) is 68.7 Å². The van der Waals surface area contributed by atoms with Crippen molar-refractivity contribution < 1.29 is 13.9 Å². The molecule has 0 aliphatic carbocycles. The Bertz CT molecular complexity index is 408. The Morgan fingerprint density at radius 3 is 3.00 bits per heavy atom. The normalized spacial score (nSPS) is 19.1. The van der Waals surface area contributed by atoms with E-state index >= 15 is 0 Å². The van der Waals surface area contributed by atoms with Crippen LogP contribution in [-0.4, -0.2) is 37.0 Å². The second-order valence-corrected chi connectivity index (χ2v) is 4.58. The zero-order chi connectivity index (χ0) is 13.0. The molecule has 1 aliphatic rings. The molecule has 0 aromatic carbocycles. The molecule has 1 saturated heterocycles. The standard InChI is InChI=1S/C13H20N2O3.ClH/c1-17-9-11-5-6-12(18-11)13(16)15-7-3-2-4-10(15)8-14;/h5-6,10H,2-4,7-9,14H2,1H3;1H. The first kappa shape index (κ1) is 16.0. The molecule has 0 bridgehead atoms. The summed E-state index contributed by atoms with van der Waals surface area (Å²) in [6, 6.07) is 3.62. The number of hydrogen-bond donors (Lipinski definition) is 1. The number of furan rings is 1. The smallest absolute Gasteiger partial charge is 0.289 e. The quantitative estimate of drug-likeness (QED) is 0.917. The van der Waals surface area contributed by atoms with Gasteiger partial charge in [0.05, 0.1) is 0 Å². The fourth-order valence-electron chi connectivity index (χ4n) is 2.37. The summed E-state index contributed by atoms with van der Waals surface area (Å²) >= 11 is 0. The van der Waals surface area contributed by atoms with Crippen LogP contribution in [0.4, 0.5) is 0 Å². The van der Waals surface area contributed by atoms with E-state index in [1.807, 2.05) is 4.90 Å². The minimum Gasteiger partial charge on any atom is -0.453 e. The number of methoxy groups -OCH3 is 1. The van der Waals surface area contributed by atoms with Crippen LogP contribution < -0.4 is 5.73 Å². The predicted octanol–water partition coefficient (Wildman–Crippen LogP) is 1.80. The number of likely N-dealkylation sites (tertiary alicyclic amines) is 1. The maximum Gasteiger partial charge on any atom is 0.289 e. The number of hydrogen-bond acceptors (Lipinski definition) is 4. The van der Waals surface area contributed by atoms with Crippen molar-refractivity contribution in [3.05, 3.63) is 23.7 Å². The average molecular weight is 289 g/mol. The number of nitrogens with two attached hydrogens (primary N) is 1. The zero-order valence-corrected chi connectivity index (χ0v) is 11.9. The summed E-state index contributed by atoms with van der Waals surface area (Å²) in [6.45, 7) is 1.66. The van der Waals surface area contributed by atoms with Gasteiger partial charge in [-0.2, -0.15) is 0 Å². The Morgan fingerprint density at radius 2 is 2.32 bits per heavy atom. The van der Waals surface area contributed by atoms with Crippen LogP contribution in [-0.2, 0) is 11.3 Å². The Labute approximate surface area is 119 Å². The van der Waals surface area contributed by atoms with Gasteiger partial charge in [-0.15, -0.1) is 12.4 Å². The Kier molecular flexibility index (Phi) is 6.34. The van der Waals surface area contributed by atoms with Gasteiger partial charge in [-0.1, -0.05) is 0 Å². The van der Waals surface area contributed by atoms with Gasteiger partial charge >= 0.3 is 0 Å². The van der Waals surface area contributed by atoms with Crippen LogP contribution in [0.3, 0.4) is 0 Å². The van der Waals surface area contributed by atoms with Crippen LogP contribution in [0.5, 0.6) is 0 Å². The summed E-state index contributed by atoms with van der Waals surface area (Å²) < 4.78 is 10.4. The first-order chi connectivity index (χ1) is 8.76. The number of halogens is 1. The third-order valence-corrected chi connectivity index (χ3v) is 3.32. The second kappa shape index (κ2) is 7.53. The lowest BCUT2D eigenvalue weighted by atomic mass is 10.0. The van der Waals surface area contributed by atoms with Crippen molar-refractivity contribution in [2.24, 2.45) is 5.73 Å². The number of rotatable bonds is 4. The summed E-state index contributed by atoms with van der Waals surface area (Å²) in [4.78, 5) is 14.2. The lowest BCUT2D eigenvalue weighted by molar-refractivity contribution is 0.0584. The van der Waals surface area contributed by atoms with E-state index in [4.69, 9.17) is 14.9 Å². The van der Waals surface area contributed by atoms with Gasteiger partial charge in [0.15, 0.2) is 5.76 Å². The molecule has 0 spiro atoms. The van der Waals surface area contributed by atoms with E-state index in [2.05, 4.69) is 0 Å². The van der Waals surface area contributed by atoms with Gasteiger partial charge in [-0.05, 0) is 31.4 Å². The number of ether oxygens (including phenoxy) is 1. The minimum atomic E-state index is -0.0625. The number of piperidine rings is 1. The van der Waals surface area contributed by atoms with E-state index in [1.54, 1.807) is 19.2 Å². The Balaban J connectivity index is 0.00000180. The van der Waals surface area contributed by atoms with Gasteiger partial charge < -0.3 is 19.8 Å². The summed E-state index contributed by atoms with van der Waals surface area (Å²) in [5.41, 5.74) is 5.72.